The van der Waals surface area contributed by atoms with Crippen LogP contribution in [0.4, 0.5) is 0 Å². The van der Waals surface area contributed by atoms with Gasteiger partial charge in [-0.3, -0.25) is 0 Å². The van der Waals surface area contributed by atoms with Crippen LogP contribution in [0.2, 0.25) is 0 Å². The molecule has 0 aromatic carbocycles. The topological polar surface area (TPSA) is 0 Å². The molecule has 0 rings (SSSR count). The molecule has 66 valence electrons. The Morgan fingerprint density at radius 3 is 2.18 bits per heavy atom. The van der Waals surface area contributed by atoms with E-state index in [2.05, 4.69) is 39.8 Å². The van der Waals surface area contributed by atoms with E-state index in [1.165, 1.54) is 19.3 Å². The maximum Gasteiger partial charge on any atom is -0.0265 e. The molecule has 0 radical (unpaired) electrons. The zero-order valence-corrected chi connectivity index (χ0v) is 8.43. The highest BCUT2D eigenvalue weighted by molar-refractivity contribution is 4.86. The first kappa shape index (κ1) is 10.7. The fourth-order valence-corrected chi connectivity index (χ4v) is 0.846. The second kappa shape index (κ2) is 6.45. The SMILES string of the molecule is CC[C@H](C)C/C=C\[C@@H](C)CC. The lowest BCUT2D eigenvalue weighted by molar-refractivity contribution is 0.568. The summed E-state index contributed by atoms with van der Waals surface area (Å²) in [5.41, 5.74) is 0. The average molecular weight is 154 g/mol. The van der Waals surface area contributed by atoms with E-state index in [0.29, 0.717) is 0 Å². The van der Waals surface area contributed by atoms with Crippen molar-refractivity contribution >= 4 is 0 Å². The van der Waals surface area contributed by atoms with Gasteiger partial charge in [-0.05, 0) is 18.3 Å². The van der Waals surface area contributed by atoms with E-state index in [0.717, 1.165) is 11.8 Å². The molecule has 2 atom stereocenters. The predicted molar refractivity (Wildman–Crippen MR) is 52.7 cm³/mol. The first-order valence-electron chi connectivity index (χ1n) is 4.87. The quantitative estimate of drug-likeness (QED) is 0.524. The largest absolute Gasteiger partial charge is 0.0880 e. The summed E-state index contributed by atoms with van der Waals surface area (Å²) in [6.45, 7) is 9.06. The molecule has 0 unspecified atom stereocenters. The average Bonchev–Trinajstić information content (AvgIpc) is 2.04. The summed E-state index contributed by atoms with van der Waals surface area (Å²) in [5.74, 6) is 1.62. The molecule has 0 aromatic rings. The fraction of sp³-hybridized carbons (Fsp3) is 0.818. The Labute approximate surface area is 71.7 Å². The van der Waals surface area contributed by atoms with Crippen LogP contribution in [0.5, 0.6) is 0 Å². The lowest BCUT2D eigenvalue weighted by atomic mass is 10.0. The van der Waals surface area contributed by atoms with Crippen molar-refractivity contribution in [2.45, 2.75) is 47.0 Å². The summed E-state index contributed by atoms with van der Waals surface area (Å²) < 4.78 is 0. The van der Waals surface area contributed by atoms with Crippen LogP contribution in [0.1, 0.15) is 47.0 Å². The molecule has 0 heteroatoms. The van der Waals surface area contributed by atoms with Crippen LogP contribution in [0.25, 0.3) is 0 Å². The van der Waals surface area contributed by atoms with Gasteiger partial charge in [-0.2, -0.15) is 0 Å². The molecular weight excluding hydrogens is 132 g/mol. The van der Waals surface area contributed by atoms with E-state index in [4.69, 9.17) is 0 Å². The highest BCUT2D eigenvalue weighted by atomic mass is 14.0. The van der Waals surface area contributed by atoms with Crippen LogP contribution in [0, 0.1) is 11.8 Å². The Morgan fingerprint density at radius 1 is 1.09 bits per heavy atom. The highest BCUT2D eigenvalue weighted by Crippen LogP contribution is 2.09. The Kier molecular flexibility index (Phi) is 6.30. The lowest BCUT2D eigenvalue weighted by Gasteiger charge is -2.04. The van der Waals surface area contributed by atoms with Crippen LogP contribution in [0.3, 0.4) is 0 Å². The van der Waals surface area contributed by atoms with E-state index < -0.39 is 0 Å². The number of rotatable bonds is 5. The summed E-state index contributed by atoms with van der Waals surface area (Å²) in [7, 11) is 0. The molecular formula is C11H22. The normalized spacial score (nSPS) is 17.1. The highest BCUT2D eigenvalue weighted by Gasteiger charge is 1.94. The van der Waals surface area contributed by atoms with Gasteiger partial charge in [0.2, 0.25) is 0 Å². The van der Waals surface area contributed by atoms with Crippen LogP contribution >= 0.6 is 0 Å². The summed E-state index contributed by atoms with van der Waals surface area (Å²) in [6, 6.07) is 0. The van der Waals surface area contributed by atoms with Gasteiger partial charge < -0.3 is 0 Å². The van der Waals surface area contributed by atoms with Gasteiger partial charge in [0.1, 0.15) is 0 Å². The third kappa shape index (κ3) is 6.15. The van der Waals surface area contributed by atoms with Crippen molar-refractivity contribution in [3.63, 3.8) is 0 Å². The van der Waals surface area contributed by atoms with E-state index in [-0.39, 0.29) is 0 Å². The van der Waals surface area contributed by atoms with Gasteiger partial charge in [0.25, 0.3) is 0 Å². The van der Waals surface area contributed by atoms with E-state index >= 15 is 0 Å². The van der Waals surface area contributed by atoms with Crippen molar-refractivity contribution in [3.8, 4) is 0 Å². The van der Waals surface area contributed by atoms with Gasteiger partial charge in [0.15, 0.2) is 0 Å². The molecule has 0 spiro atoms. The third-order valence-electron chi connectivity index (χ3n) is 2.34. The van der Waals surface area contributed by atoms with Crippen LogP contribution in [-0.2, 0) is 0 Å². The van der Waals surface area contributed by atoms with Crippen molar-refractivity contribution in [2.75, 3.05) is 0 Å². The van der Waals surface area contributed by atoms with Crippen molar-refractivity contribution in [1.29, 1.82) is 0 Å². The lowest BCUT2D eigenvalue weighted by Crippen LogP contribution is -1.90. The molecule has 0 aliphatic carbocycles. The van der Waals surface area contributed by atoms with Gasteiger partial charge in [-0.25, -0.2) is 0 Å². The number of hydrogen-bond donors (Lipinski definition) is 0. The van der Waals surface area contributed by atoms with Gasteiger partial charge in [0, 0.05) is 0 Å². The van der Waals surface area contributed by atoms with Gasteiger partial charge in [0.05, 0.1) is 0 Å². The fourth-order valence-electron chi connectivity index (χ4n) is 0.846. The summed E-state index contributed by atoms with van der Waals surface area (Å²) in [4.78, 5) is 0. The molecule has 11 heavy (non-hydrogen) atoms. The van der Waals surface area contributed by atoms with E-state index in [9.17, 15) is 0 Å². The van der Waals surface area contributed by atoms with E-state index in [1.807, 2.05) is 0 Å². The number of allylic oxidation sites excluding steroid dienone is 2. The maximum absolute atomic E-state index is 2.34. The Bertz CT molecular complexity index is 103. The van der Waals surface area contributed by atoms with Crippen LogP contribution < -0.4 is 0 Å². The molecule has 0 saturated carbocycles. The first-order valence-corrected chi connectivity index (χ1v) is 4.87. The second-order valence-corrected chi connectivity index (χ2v) is 3.56. The van der Waals surface area contributed by atoms with Crippen molar-refractivity contribution in [1.82, 2.24) is 0 Å². The van der Waals surface area contributed by atoms with Gasteiger partial charge >= 0.3 is 0 Å². The Hall–Kier alpha value is -0.260. The van der Waals surface area contributed by atoms with Crippen molar-refractivity contribution < 1.29 is 0 Å². The van der Waals surface area contributed by atoms with Crippen molar-refractivity contribution in [3.05, 3.63) is 12.2 Å². The Morgan fingerprint density at radius 2 is 1.73 bits per heavy atom. The minimum absolute atomic E-state index is 0.763. The molecule has 0 aromatic heterocycles. The zero-order chi connectivity index (χ0) is 8.69. The molecule has 0 bridgehead atoms. The molecule has 0 nitrogen and oxygen atoms in total. The minimum atomic E-state index is 0.763. The zero-order valence-electron chi connectivity index (χ0n) is 8.43. The van der Waals surface area contributed by atoms with Gasteiger partial charge in [-0.1, -0.05) is 52.7 Å². The minimum Gasteiger partial charge on any atom is -0.0880 e. The van der Waals surface area contributed by atoms with Crippen molar-refractivity contribution in [2.24, 2.45) is 11.8 Å². The molecule has 0 amide bonds. The standard InChI is InChI=1S/C11H22/c1-5-10(3)8-7-9-11(4)6-2/h7-8,10-11H,5-6,9H2,1-4H3/b8-7-/t10-,11-/m0/s1. The van der Waals surface area contributed by atoms with Crippen LogP contribution in [0.15, 0.2) is 12.2 Å². The number of hydrogen-bond acceptors (Lipinski definition) is 0. The second-order valence-electron chi connectivity index (χ2n) is 3.56. The predicted octanol–water partition coefficient (Wildman–Crippen LogP) is 4.02. The molecule has 0 aliphatic heterocycles. The smallest absolute Gasteiger partial charge is 0.0265 e. The monoisotopic (exact) mass is 154 g/mol. The van der Waals surface area contributed by atoms with E-state index in [1.54, 1.807) is 0 Å². The Balaban J connectivity index is 3.43. The summed E-state index contributed by atoms with van der Waals surface area (Å²) >= 11 is 0. The molecule has 0 saturated heterocycles. The molecule has 0 heterocycles. The molecule has 0 fully saturated rings. The summed E-state index contributed by atoms with van der Waals surface area (Å²) in [5, 5.41) is 0. The first-order chi connectivity index (χ1) is 5.20. The summed E-state index contributed by atoms with van der Waals surface area (Å²) in [6.07, 6.45) is 8.48. The van der Waals surface area contributed by atoms with Crippen LogP contribution in [-0.4, -0.2) is 0 Å². The molecule has 0 aliphatic rings. The third-order valence-corrected chi connectivity index (χ3v) is 2.34. The van der Waals surface area contributed by atoms with Gasteiger partial charge in [-0.15, -0.1) is 0 Å². The molecule has 0 N–H and O–H groups in total. The maximum atomic E-state index is 2.34.